The van der Waals surface area contributed by atoms with E-state index in [-0.39, 0.29) is 4.90 Å². The van der Waals surface area contributed by atoms with Crippen molar-refractivity contribution in [3.05, 3.63) is 58.6 Å². The quantitative estimate of drug-likeness (QED) is 0.696. The number of hydrogen-bond donors (Lipinski definition) is 1. The summed E-state index contributed by atoms with van der Waals surface area (Å²) in [6.45, 7) is -0.460. The summed E-state index contributed by atoms with van der Waals surface area (Å²) >= 11 is 3.24. The topological polar surface area (TPSA) is 92.8 Å². The Morgan fingerprint density at radius 1 is 1.08 bits per heavy atom. The van der Waals surface area contributed by atoms with Crippen LogP contribution in [0.15, 0.2) is 57.9 Å². The van der Waals surface area contributed by atoms with Crippen LogP contribution in [0.2, 0.25) is 0 Å². The van der Waals surface area contributed by atoms with Crippen molar-refractivity contribution >= 4 is 43.5 Å². The molecule has 2 aromatic carbocycles. The third-order valence-electron chi connectivity index (χ3n) is 3.34. The second-order valence-corrected chi connectivity index (χ2v) is 8.42. The summed E-state index contributed by atoms with van der Waals surface area (Å²) in [4.78, 5) is 23.9. The Hall–Kier alpha value is -2.23. The van der Waals surface area contributed by atoms with Gasteiger partial charge >= 0.3 is 5.97 Å². The molecule has 0 radical (unpaired) electrons. The van der Waals surface area contributed by atoms with Gasteiger partial charge in [-0.2, -0.15) is 0 Å². The minimum atomic E-state index is -3.53. The van der Waals surface area contributed by atoms with Gasteiger partial charge < -0.3 is 10.1 Å². The Bertz CT molecular complexity index is 911. The van der Waals surface area contributed by atoms with Crippen molar-refractivity contribution < 1.29 is 22.7 Å². The highest BCUT2D eigenvalue weighted by molar-refractivity contribution is 9.10. The van der Waals surface area contributed by atoms with Crippen molar-refractivity contribution in [1.82, 2.24) is 4.31 Å². The maximum absolute atomic E-state index is 12.0. The van der Waals surface area contributed by atoms with Crippen LogP contribution in [-0.4, -0.2) is 45.3 Å². The highest BCUT2D eigenvalue weighted by Gasteiger charge is 2.17. The molecule has 0 aliphatic heterocycles. The van der Waals surface area contributed by atoms with E-state index in [9.17, 15) is 18.0 Å². The van der Waals surface area contributed by atoms with E-state index in [1.165, 1.54) is 38.4 Å². The number of nitrogens with zero attached hydrogens (tertiary/aromatic N) is 1. The predicted octanol–water partition coefficient (Wildman–Crippen LogP) is 2.49. The van der Waals surface area contributed by atoms with Gasteiger partial charge in [-0.15, -0.1) is 0 Å². The van der Waals surface area contributed by atoms with E-state index >= 15 is 0 Å². The smallest absolute Gasteiger partial charge is 0.339 e. The molecule has 0 saturated heterocycles. The highest BCUT2D eigenvalue weighted by atomic mass is 79.9. The van der Waals surface area contributed by atoms with Crippen LogP contribution in [-0.2, 0) is 19.6 Å². The molecule has 0 bridgehead atoms. The molecule has 0 unspecified atom stereocenters. The zero-order valence-corrected chi connectivity index (χ0v) is 16.5. The van der Waals surface area contributed by atoms with Gasteiger partial charge in [0.1, 0.15) is 0 Å². The summed E-state index contributed by atoms with van der Waals surface area (Å²) in [5, 5.41) is 2.53. The van der Waals surface area contributed by atoms with Gasteiger partial charge in [-0.3, -0.25) is 4.79 Å². The molecule has 1 amide bonds. The summed E-state index contributed by atoms with van der Waals surface area (Å²) in [6.07, 6.45) is 0. The van der Waals surface area contributed by atoms with Crippen LogP contribution >= 0.6 is 15.9 Å². The maximum Gasteiger partial charge on any atom is 0.339 e. The molecule has 26 heavy (non-hydrogen) atoms. The fourth-order valence-corrected chi connectivity index (χ4v) is 3.30. The Morgan fingerprint density at radius 3 is 2.27 bits per heavy atom. The number of carbonyl (C=O) groups is 2. The van der Waals surface area contributed by atoms with E-state index in [1.807, 2.05) is 0 Å². The number of esters is 1. The zero-order chi connectivity index (χ0) is 19.3. The molecule has 0 aliphatic carbocycles. The number of sulfonamides is 1. The fourth-order valence-electron chi connectivity index (χ4n) is 1.95. The predicted molar refractivity (Wildman–Crippen MR) is 100 cm³/mol. The Balaban J connectivity index is 1.94. The van der Waals surface area contributed by atoms with E-state index in [0.29, 0.717) is 15.7 Å². The molecule has 7 nitrogen and oxygen atoms in total. The molecule has 0 atom stereocenters. The summed E-state index contributed by atoms with van der Waals surface area (Å²) in [6, 6.07) is 12.4. The van der Waals surface area contributed by atoms with Gasteiger partial charge in [0.25, 0.3) is 5.91 Å². The largest absolute Gasteiger partial charge is 0.452 e. The minimum absolute atomic E-state index is 0.112. The number of carbonyl (C=O) groups excluding carboxylic acids is 2. The Labute approximate surface area is 160 Å². The first-order valence-corrected chi connectivity index (χ1v) is 9.69. The number of ether oxygens (including phenoxy) is 1. The van der Waals surface area contributed by atoms with Crippen LogP contribution in [0.3, 0.4) is 0 Å². The average molecular weight is 441 g/mol. The molecule has 0 fully saturated rings. The normalized spacial score (nSPS) is 11.2. The van der Waals surface area contributed by atoms with Crippen LogP contribution in [0.4, 0.5) is 5.69 Å². The lowest BCUT2D eigenvalue weighted by Gasteiger charge is -2.12. The summed E-state index contributed by atoms with van der Waals surface area (Å²) in [7, 11) is -0.662. The van der Waals surface area contributed by atoms with E-state index in [0.717, 1.165) is 4.31 Å². The summed E-state index contributed by atoms with van der Waals surface area (Å²) in [5.41, 5.74) is 0.711. The van der Waals surface area contributed by atoms with E-state index in [4.69, 9.17) is 4.74 Å². The number of benzene rings is 2. The van der Waals surface area contributed by atoms with Crippen molar-refractivity contribution in [2.45, 2.75) is 4.90 Å². The lowest BCUT2D eigenvalue weighted by molar-refractivity contribution is -0.119. The van der Waals surface area contributed by atoms with Crippen molar-refractivity contribution in [3.63, 3.8) is 0 Å². The minimum Gasteiger partial charge on any atom is -0.452 e. The molecule has 138 valence electrons. The number of nitrogens with one attached hydrogen (secondary N) is 1. The molecule has 0 spiro atoms. The van der Waals surface area contributed by atoms with E-state index in [1.54, 1.807) is 24.3 Å². The first-order valence-electron chi connectivity index (χ1n) is 7.46. The van der Waals surface area contributed by atoms with Crippen LogP contribution in [0.5, 0.6) is 0 Å². The second-order valence-electron chi connectivity index (χ2n) is 5.42. The molecule has 2 rings (SSSR count). The monoisotopic (exact) mass is 440 g/mol. The van der Waals surface area contributed by atoms with Crippen LogP contribution < -0.4 is 5.32 Å². The van der Waals surface area contributed by atoms with Gasteiger partial charge in [-0.05, 0) is 52.3 Å². The Kier molecular flexibility index (Phi) is 6.52. The van der Waals surface area contributed by atoms with Crippen molar-refractivity contribution in [2.24, 2.45) is 0 Å². The van der Waals surface area contributed by atoms with E-state index in [2.05, 4.69) is 21.2 Å². The van der Waals surface area contributed by atoms with Gasteiger partial charge in [0.2, 0.25) is 10.0 Å². The first-order chi connectivity index (χ1) is 12.2. The molecule has 1 N–H and O–H groups in total. The number of rotatable bonds is 6. The van der Waals surface area contributed by atoms with Gasteiger partial charge in [-0.1, -0.05) is 12.1 Å². The highest BCUT2D eigenvalue weighted by Crippen LogP contribution is 2.18. The summed E-state index contributed by atoms with van der Waals surface area (Å²) < 4.78 is 30.6. The van der Waals surface area contributed by atoms with Crippen LogP contribution in [0.25, 0.3) is 0 Å². The third kappa shape index (κ3) is 4.90. The lowest BCUT2D eigenvalue weighted by atomic mass is 10.2. The van der Waals surface area contributed by atoms with E-state index < -0.39 is 28.5 Å². The van der Waals surface area contributed by atoms with Crippen molar-refractivity contribution in [3.8, 4) is 0 Å². The number of anilines is 1. The summed E-state index contributed by atoms with van der Waals surface area (Å²) in [5.74, 6) is -1.16. The maximum atomic E-state index is 12.0. The molecule has 0 aliphatic rings. The number of hydrogen-bond acceptors (Lipinski definition) is 5. The third-order valence-corrected chi connectivity index (χ3v) is 5.87. The average Bonchev–Trinajstić information content (AvgIpc) is 2.60. The SMILES string of the molecule is CN(C)S(=O)(=O)c1ccc(NC(=O)COC(=O)c2ccccc2Br)cc1. The molecule has 9 heteroatoms. The first kappa shape index (κ1) is 20.1. The molecular weight excluding hydrogens is 424 g/mol. The van der Waals surface area contributed by atoms with Gasteiger partial charge in [0.05, 0.1) is 10.5 Å². The molecule has 0 aromatic heterocycles. The second kappa shape index (κ2) is 8.43. The van der Waals surface area contributed by atoms with Gasteiger partial charge in [0, 0.05) is 24.3 Å². The molecular formula is C17H17BrN2O5S. The van der Waals surface area contributed by atoms with Crippen LogP contribution in [0.1, 0.15) is 10.4 Å². The van der Waals surface area contributed by atoms with Crippen molar-refractivity contribution in [2.75, 3.05) is 26.0 Å². The van der Waals surface area contributed by atoms with Crippen molar-refractivity contribution in [1.29, 1.82) is 0 Å². The standard InChI is InChI=1S/C17H17BrN2O5S/c1-20(2)26(23,24)13-9-7-12(8-10-13)19-16(21)11-25-17(22)14-5-3-4-6-15(14)18/h3-10H,11H2,1-2H3,(H,19,21). The van der Waals surface area contributed by atoms with Crippen LogP contribution in [0, 0.1) is 0 Å². The molecule has 2 aromatic rings. The zero-order valence-electron chi connectivity index (χ0n) is 14.1. The molecule has 0 saturated carbocycles. The van der Waals surface area contributed by atoms with Gasteiger partial charge in [0.15, 0.2) is 6.61 Å². The number of amides is 1. The molecule has 0 heterocycles. The fraction of sp³-hybridized carbons (Fsp3) is 0.176. The lowest BCUT2D eigenvalue weighted by Crippen LogP contribution is -2.22. The van der Waals surface area contributed by atoms with Gasteiger partial charge in [-0.25, -0.2) is 17.5 Å². The number of halogens is 1. The Morgan fingerprint density at radius 2 is 1.69 bits per heavy atom.